The van der Waals surface area contributed by atoms with E-state index in [0.717, 1.165) is 17.0 Å². The molecule has 6 atom stereocenters. The van der Waals surface area contributed by atoms with Crippen LogP contribution in [0.3, 0.4) is 0 Å². The van der Waals surface area contributed by atoms with Gasteiger partial charge in [0.05, 0.1) is 18.1 Å². The summed E-state index contributed by atoms with van der Waals surface area (Å²) in [7, 11) is 0. The number of para-hydroxylation sites is 1. The molecule has 0 spiro atoms. The molecule has 4 aliphatic carbocycles. The zero-order valence-electron chi connectivity index (χ0n) is 16.7. The number of benzene rings is 2. The molecule has 5 nitrogen and oxygen atoms in total. The molecule has 31 heavy (non-hydrogen) atoms. The van der Waals surface area contributed by atoms with Crippen LogP contribution < -0.4 is 4.74 Å². The van der Waals surface area contributed by atoms with E-state index in [1.165, 1.54) is 0 Å². The number of ether oxygens (including phenoxy) is 1. The quantitative estimate of drug-likeness (QED) is 0.402. The fourth-order valence-electron chi connectivity index (χ4n) is 5.66. The van der Waals surface area contributed by atoms with E-state index in [9.17, 15) is 9.59 Å². The molecule has 156 valence electrons. The molecule has 1 saturated heterocycles. The van der Waals surface area contributed by atoms with E-state index in [2.05, 4.69) is 17.3 Å². The highest BCUT2D eigenvalue weighted by molar-refractivity contribution is 6.31. The minimum atomic E-state index is -0.241. The molecule has 3 fully saturated rings. The molecule has 2 bridgehead atoms. The Balaban J connectivity index is 1.22. The van der Waals surface area contributed by atoms with Crippen molar-refractivity contribution in [2.75, 3.05) is 0 Å². The normalized spacial score (nSPS) is 32.5. The predicted molar refractivity (Wildman–Crippen MR) is 116 cm³/mol. The molecule has 2 aromatic carbocycles. The van der Waals surface area contributed by atoms with E-state index in [4.69, 9.17) is 16.3 Å². The number of carbonyl (C=O) groups excluding carboxylic acids is 2. The third-order valence-electron chi connectivity index (χ3n) is 7.21. The van der Waals surface area contributed by atoms with E-state index in [0.29, 0.717) is 34.8 Å². The summed E-state index contributed by atoms with van der Waals surface area (Å²) >= 11 is 6.22. The summed E-state index contributed by atoms with van der Waals surface area (Å²) in [5.74, 6) is 1.37. The Bertz CT molecular complexity index is 1110. The first kappa shape index (κ1) is 18.8. The second-order valence-corrected chi connectivity index (χ2v) is 9.21. The van der Waals surface area contributed by atoms with E-state index in [1.807, 2.05) is 48.5 Å². The summed E-state index contributed by atoms with van der Waals surface area (Å²) in [6.45, 7) is 0.314. The molecule has 7 rings (SSSR count). The summed E-state index contributed by atoms with van der Waals surface area (Å²) in [4.78, 5) is 26.1. The van der Waals surface area contributed by atoms with Crippen LogP contribution in [0, 0.1) is 35.5 Å². The van der Waals surface area contributed by atoms with Crippen LogP contribution in [0.5, 0.6) is 5.75 Å². The second-order valence-electron chi connectivity index (χ2n) is 8.81. The van der Waals surface area contributed by atoms with E-state index < -0.39 is 0 Å². The first-order chi connectivity index (χ1) is 15.1. The molecule has 2 saturated carbocycles. The first-order valence-corrected chi connectivity index (χ1v) is 11.1. The molecule has 1 aliphatic heterocycles. The number of allylic oxidation sites excluding steroid dienone is 2. The van der Waals surface area contributed by atoms with Crippen LogP contribution in [0.15, 0.2) is 65.8 Å². The molecule has 1 heterocycles. The van der Waals surface area contributed by atoms with Crippen LogP contribution in [0.4, 0.5) is 0 Å². The SMILES string of the molecule is O=C1[C@@H]2[C@@H]3C=C[C@H]([C@@H]4C[C@H]34)[C@@H]2C(=O)N1/N=C\c1ccccc1OCc1ccccc1Cl. The minimum Gasteiger partial charge on any atom is -0.488 e. The van der Waals surface area contributed by atoms with Gasteiger partial charge in [-0.1, -0.05) is 54.1 Å². The fourth-order valence-corrected chi connectivity index (χ4v) is 5.85. The highest BCUT2D eigenvalue weighted by Gasteiger charge is 2.67. The van der Waals surface area contributed by atoms with Crippen LogP contribution in [-0.2, 0) is 16.2 Å². The van der Waals surface area contributed by atoms with E-state index >= 15 is 0 Å². The predicted octanol–water partition coefficient (Wildman–Crippen LogP) is 4.31. The van der Waals surface area contributed by atoms with Gasteiger partial charge < -0.3 is 4.74 Å². The van der Waals surface area contributed by atoms with Crippen molar-refractivity contribution < 1.29 is 14.3 Å². The van der Waals surface area contributed by atoms with Gasteiger partial charge >= 0.3 is 0 Å². The molecular formula is C25H21ClN2O3. The lowest BCUT2D eigenvalue weighted by Gasteiger charge is -2.37. The standard InChI is InChI=1S/C25H21ClN2O3/c26-20-7-3-1-6-15(20)13-31-21-8-4-2-5-14(21)12-27-28-24(29)22-16-9-10-17(19-11-18(16)19)23(22)25(28)30/h1-10,12,16-19,22-23H,11,13H2/b27-12-/t16-,17-,18-,19+,22-,23+/m1/s1. The highest BCUT2D eigenvalue weighted by atomic mass is 35.5. The third-order valence-corrected chi connectivity index (χ3v) is 7.58. The second kappa shape index (κ2) is 7.06. The summed E-state index contributed by atoms with van der Waals surface area (Å²) in [6, 6.07) is 14.9. The van der Waals surface area contributed by atoms with Gasteiger partial charge in [-0.25, -0.2) is 0 Å². The van der Waals surface area contributed by atoms with Crippen LogP contribution in [0.2, 0.25) is 5.02 Å². The van der Waals surface area contributed by atoms with Crippen molar-refractivity contribution in [1.82, 2.24) is 5.01 Å². The Hall–Kier alpha value is -2.92. The van der Waals surface area contributed by atoms with Crippen molar-refractivity contribution in [1.29, 1.82) is 0 Å². The van der Waals surface area contributed by atoms with Crippen LogP contribution in [0.1, 0.15) is 17.5 Å². The zero-order valence-corrected chi connectivity index (χ0v) is 17.5. The molecule has 2 aromatic rings. The van der Waals surface area contributed by atoms with Gasteiger partial charge in [-0.2, -0.15) is 10.1 Å². The molecule has 0 radical (unpaired) electrons. The number of hydrogen-bond acceptors (Lipinski definition) is 4. The van der Waals surface area contributed by atoms with Crippen LogP contribution >= 0.6 is 11.6 Å². The maximum Gasteiger partial charge on any atom is 0.254 e. The number of imide groups is 1. The van der Waals surface area contributed by atoms with Crippen molar-refractivity contribution >= 4 is 29.6 Å². The van der Waals surface area contributed by atoms with Crippen molar-refractivity contribution in [2.24, 2.45) is 40.6 Å². The Morgan fingerprint density at radius 1 is 0.968 bits per heavy atom. The average molecular weight is 433 g/mol. The maximum absolute atomic E-state index is 13.1. The lowest BCUT2D eigenvalue weighted by Crippen LogP contribution is -2.40. The smallest absolute Gasteiger partial charge is 0.254 e. The van der Waals surface area contributed by atoms with Gasteiger partial charge in [0.25, 0.3) is 11.8 Å². The molecule has 0 unspecified atom stereocenters. The number of carbonyl (C=O) groups is 2. The molecule has 0 N–H and O–H groups in total. The van der Waals surface area contributed by atoms with Gasteiger partial charge in [0.2, 0.25) is 0 Å². The number of amides is 2. The molecule has 0 aromatic heterocycles. The lowest BCUT2D eigenvalue weighted by molar-refractivity contribution is -0.140. The number of hydrazone groups is 1. The van der Waals surface area contributed by atoms with Crippen molar-refractivity contribution in [2.45, 2.75) is 13.0 Å². The Labute approximate surface area is 185 Å². The largest absolute Gasteiger partial charge is 0.488 e. The number of rotatable bonds is 5. The molecular weight excluding hydrogens is 412 g/mol. The van der Waals surface area contributed by atoms with Crippen LogP contribution in [-0.4, -0.2) is 23.0 Å². The fraction of sp³-hybridized carbons (Fsp3) is 0.320. The first-order valence-electron chi connectivity index (χ1n) is 10.7. The summed E-state index contributed by atoms with van der Waals surface area (Å²) in [5.41, 5.74) is 1.58. The monoisotopic (exact) mass is 432 g/mol. The van der Waals surface area contributed by atoms with Gasteiger partial charge in [-0.05, 0) is 48.3 Å². The Kier molecular flexibility index (Phi) is 4.29. The number of halogens is 1. The van der Waals surface area contributed by atoms with E-state index in [1.54, 1.807) is 6.21 Å². The number of hydrogen-bond donors (Lipinski definition) is 0. The third kappa shape index (κ3) is 2.94. The van der Waals surface area contributed by atoms with Crippen molar-refractivity contribution in [3.8, 4) is 5.75 Å². The molecule has 6 heteroatoms. The summed E-state index contributed by atoms with van der Waals surface area (Å²) in [6.07, 6.45) is 7.02. The van der Waals surface area contributed by atoms with Gasteiger partial charge in [-0.15, -0.1) is 0 Å². The molecule has 2 amide bonds. The van der Waals surface area contributed by atoms with Crippen molar-refractivity contribution in [3.05, 3.63) is 76.8 Å². The minimum absolute atomic E-state index is 0.162. The zero-order chi connectivity index (χ0) is 21.1. The number of nitrogens with zero attached hydrogens (tertiary/aromatic N) is 2. The lowest BCUT2D eigenvalue weighted by atomic mass is 9.63. The Morgan fingerprint density at radius 2 is 1.61 bits per heavy atom. The topological polar surface area (TPSA) is 59.0 Å². The van der Waals surface area contributed by atoms with Crippen LogP contribution in [0.25, 0.3) is 0 Å². The van der Waals surface area contributed by atoms with Gasteiger partial charge in [0.15, 0.2) is 0 Å². The summed E-state index contributed by atoms with van der Waals surface area (Å²) in [5, 5.41) is 6.06. The van der Waals surface area contributed by atoms with Gasteiger partial charge in [0, 0.05) is 16.1 Å². The van der Waals surface area contributed by atoms with Gasteiger partial charge in [-0.3, -0.25) is 9.59 Å². The van der Waals surface area contributed by atoms with Gasteiger partial charge in [0.1, 0.15) is 12.4 Å². The highest BCUT2D eigenvalue weighted by Crippen LogP contribution is 2.65. The Morgan fingerprint density at radius 3 is 2.32 bits per heavy atom. The average Bonchev–Trinajstić information content (AvgIpc) is 3.57. The van der Waals surface area contributed by atoms with E-state index in [-0.39, 0.29) is 35.5 Å². The summed E-state index contributed by atoms with van der Waals surface area (Å²) < 4.78 is 5.96. The molecule has 5 aliphatic rings. The van der Waals surface area contributed by atoms with Crippen molar-refractivity contribution in [3.63, 3.8) is 0 Å². The maximum atomic E-state index is 13.1.